The summed E-state index contributed by atoms with van der Waals surface area (Å²) in [6.45, 7) is 14.2. The molecule has 0 aromatic carbocycles. The van der Waals surface area contributed by atoms with Gasteiger partial charge in [-0.05, 0) is 65.6 Å². The molecule has 3 rings (SSSR count). The zero-order chi connectivity index (χ0) is 19.3. The first-order valence-corrected chi connectivity index (χ1v) is 11.6. The fraction of sp³-hybridized carbons (Fsp3) is 0.955. The molecule has 0 bridgehead atoms. The Bertz CT molecular complexity index is 491. The Morgan fingerprint density at radius 2 is 1.93 bits per heavy atom. The number of aliphatic imine (C=N–C) groups is 1. The van der Waals surface area contributed by atoms with E-state index in [2.05, 4.69) is 43.2 Å². The van der Waals surface area contributed by atoms with E-state index >= 15 is 0 Å². The quantitative estimate of drug-likeness (QED) is 0.282. The average Bonchev–Trinajstić information content (AvgIpc) is 3.32. The van der Waals surface area contributed by atoms with Crippen molar-refractivity contribution >= 4 is 29.9 Å². The summed E-state index contributed by atoms with van der Waals surface area (Å²) in [6, 6.07) is 1.00. The van der Waals surface area contributed by atoms with Crippen molar-refractivity contribution in [3.63, 3.8) is 0 Å². The number of fused-ring (bicyclic) bond motifs is 2. The standard InChI is InChI=1S/C22H42N4O.HI/c1-5-23-21(24-17(4)11-10-15-26(6-2)7-3)25-19-18-12-16-27-20(18)22(19)13-8-9-14-22;/h17-20H,5-16H2,1-4H3,(H2,23,24,25);1H. The number of nitrogens with one attached hydrogen (secondary N) is 2. The van der Waals surface area contributed by atoms with Gasteiger partial charge in [-0.1, -0.05) is 26.7 Å². The highest BCUT2D eigenvalue weighted by atomic mass is 127. The summed E-state index contributed by atoms with van der Waals surface area (Å²) in [5.74, 6) is 1.71. The minimum absolute atomic E-state index is 0. The van der Waals surface area contributed by atoms with Crippen LogP contribution in [-0.4, -0.2) is 61.8 Å². The number of halogens is 1. The fourth-order valence-electron chi connectivity index (χ4n) is 5.81. The molecule has 2 aliphatic carbocycles. The third-order valence-electron chi connectivity index (χ3n) is 7.28. The molecule has 0 aromatic heterocycles. The van der Waals surface area contributed by atoms with Gasteiger partial charge in [-0.15, -0.1) is 24.0 Å². The number of ether oxygens (including phenoxy) is 1. The van der Waals surface area contributed by atoms with Crippen LogP contribution < -0.4 is 10.6 Å². The largest absolute Gasteiger partial charge is 0.377 e. The van der Waals surface area contributed by atoms with Gasteiger partial charge in [0.2, 0.25) is 0 Å². The summed E-state index contributed by atoms with van der Waals surface area (Å²) in [5.41, 5.74) is 0.378. The maximum Gasteiger partial charge on any atom is 0.191 e. The van der Waals surface area contributed by atoms with Crippen molar-refractivity contribution in [3.05, 3.63) is 0 Å². The van der Waals surface area contributed by atoms with Crippen molar-refractivity contribution in [2.24, 2.45) is 16.3 Å². The van der Waals surface area contributed by atoms with Crippen LogP contribution in [0.3, 0.4) is 0 Å². The van der Waals surface area contributed by atoms with Gasteiger partial charge in [0.1, 0.15) is 0 Å². The van der Waals surface area contributed by atoms with E-state index in [9.17, 15) is 0 Å². The van der Waals surface area contributed by atoms with Crippen LogP contribution in [0.15, 0.2) is 4.99 Å². The second-order valence-electron chi connectivity index (χ2n) is 8.84. The second kappa shape index (κ2) is 11.3. The number of guanidine groups is 1. The molecule has 164 valence electrons. The second-order valence-corrected chi connectivity index (χ2v) is 8.84. The third kappa shape index (κ3) is 5.15. The van der Waals surface area contributed by atoms with E-state index in [1.165, 1.54) is 51.5 Å². The molecule has 4 atom stereocenters. The summed E-state index contributed by atoms with van der Waals surface area (Å²) < 4.78 is 6.13. The van der Waals surface area contributed by atoms with Gasteiger partial charge in [0, 0.05) is 36.6 Å². The Morgan fingerprint density at radius 1 is 1.21 bits per heavy atom. The first-order chi connectivity index (χ1) is 13.1. The molecule has 1 aliphatic heterocycles. The van der Waals surface area contributed by atoms with Crippen LogP contribution in [0.1, 0.15) is 72.6 Å². The van der Waals surface area contributed by atoms with Gasteiger partial charge in [0.05, 0.1) is 6.10 Å². The highest BCUT2D eigenvalue weighted by Gasteiger charge is 2.65. The highest BCUT2D eigenvalue weighted by Crippen LogP contribution is 2.60. The van der Waals surface area contributed by atoms with Gasteiger partial charge >= 0.3 is 0 Å². The summed E-state index contributed by atoms with van der Waals surface area (Å²) in [7, 11) is 0. The van der Waals surface area contributed by atoms with Gasteiger partial charge in [0.25, 0.3) is 0 Å². The van der Waals surface area contributed by atoms with Crippen LogP contribution in [0.25, 0.3) is 0 Å². The van der Waals surface area contributed by atoms with Crippen LogP contribution in [0.4, 0.5) is 0 Å². The lowest BCUT2D eigenvalue weighted by Gasteiger charge is -2.57. The molecule has 1 saturated heterocycles. The number of nitrogens with zero attached hydrogens (tertiary/aromatic N) is 2. The van der Waals surface area contributed by atoms with Crippen molar-refractivity contribution in [1.82, 2.24) is 15.5 Å². The average molecular weight is 507 g/mol. The molecule has 1 heterocycles. The molecule has 3 fully saturated rings. The SMILES string of the molecule is CCN=C(NC(C)CCCN(CC)CC)NC1C2CCOC2C12CCCC2.I. The molecule has 1 spiro atoms. The first-order valence-electron chi connectivity index (χ1n) is 11.6. The molecule has 0 aromatic rings. The van der Waals surface area contributed by atoms with E-state index in [4.69, 9.17) is 9.73 Å². The van der Waals surface area contributed by atoms with E-state index < -0.39 is 0 Å². The number of rotatable bonds is 9. The third-order valence-corrected chi connectivity index (χ3v) is 7.28. The Morgan fingerprint density at radius 3 is 2.57 bits per heavy atom. The van der Waals surface area contributed by atoms with E-state index in [1.807, 2.05) is 0 Å². The van der Waals surface area contributed by atoms with Crippen LogP contribution in [0.2, 0.25) is 0 Å². The number of hydrogen-bond acceptors (Lipinski definition) is 3. The zero-order valence-corrected chi connectivity index (χ0v) is 20.8. The van der Waals surface area contributed by atoms with Crippen molar-refractivity contribution in [1.29, 1.82) is 0 Å². The van der Waals surface area contributed by atoms with Gasteiger partial charge in [0.15, 0.2) is 5.96 Å². The molecule has 2 N–H and O–H groups in total. The van der Waals surface area contributed by atoms with Crippen LogP contribution in [0, 0.1) is 11.3 Å². The predicted octanol–water partition coefficient (Wildman–Crippen LogP) is 4.02. The summed E-state index contributed by atoms with van der Waals surface area (Å²) in [4.78, 5) is 7.28. The summed E-state index contributed by atoms with van der Waals surface area (Å²) in [5, 5.41) is 7.55. The Balaban J connectivity index is 0.00000280. The van der Waals surface area contributed by atoms with Gasteiger partial charge in [-0.25, -0.2) is 0 Å². The maximum atomic E-state index is 6.13. The summed E-state index contributed by atoms with van der Waals surface area (Å²) in [6.07, 6.45) is 9.51. The maximum absolute atomic E-state index is 6.13. The van der Waals surface area contributed by atoms with Crippen LogP contribution in [-0.2, 0) is 4.74 Å². The van der Waals surface area contributed by atoms with Crippen molar-refractivity contribution in [2.75, 3.05) is 32.8 Å². The lowest BCUT2D eigenvalue weighted by molar-refractivity contribution is -0.125. The molecular formula is C22H43IN4O. The molecule has 4 unspecified atom stereocenters. The molecule has 0 amide bonds. The molecular weight excluding hydrogens is 463 g/mol. The summed E-state index contributed by atoms with van der Waals surface area (Å²) >= 11 is 0. The first kappa shape index (κ1) is 24.2. The Hall–Kier alpha value is -0.0800. The fourth-order valence-corrected chi connectivity index (χ4v) is 5.81. The molecule has 2 saturated carbocycles. The van der Waals surface area contributed by atoms with Gasteiger partial charge in [-0.2, -0.15) is 0 Å². The van der Waals surface area contributed by atoms with Gasteiger partial charge < -0.3 is 20.3 Å². The monoisotopic (exact) mass is 506 g/mol. The Kier molecular flexibility index (Phi) is 9.81. The minimum Gasteiger partial charge on any atom is -0.377 e. The topological polar surface area (TPSA) is 48.9 Å². The number of hydrogen-bond donors (Lipinski definition) is 2. The van der Waals surface area contributed by atoms with E-state index in [0.717, 1.165) is 32.2 Å². The molecule has 28 heavy (non-hydrogen) atoms. The predicted molar refractivity (Wildman–Crippen MR) is 129 cm³/mol. The lowest BCUT2D eigenvalue weighted by Crippen LogP contribution is -2.69. The highest BCUT2D eigenvalue weighted by molar-refractivity contribution is 14.0. The van der Waals surface area contributed by atoms with Gasteiger partial charge in [-0.3, -0.25) is 4.99 Å². The smallest absolute Gasteiger partial charge is 0.191 e. The molecule has 6 heteroatoms. The minimum atomic E-state index is 0. The normalized spacial score (nSPS) is 29.3. The van der Waals surface area contributed by atoms with Crippen molar-refractivity contribution < 1.29 is 4.74 Å². The van der Waals surface area contributed by atoms with Crippen LogP contribution in [0.5, 0.6) is 0 Å². The van der Waals surface area contributed by atoms with E-state index in [1.54, 1.807) is 0 Å². The van der Waals surface area contributed by atoms with E-state index in [-0.39, 0.29) is 24.0 Å². The van der Waals surface area contributed by atoms with E-state index in [0.29, 0.717) is 29.5 Å². The van der Waals surface area contributed by atoms with Crippen LogP contribution >= 0.6 is 24.0 Å². The molecule has 0 radical (unpaired) electrons. The van der Waals surface area contributed by atoms with Crippen molar-refractivity contribution in [3.8, 4) is 0 Å². The molecule has 3 aliphatic rings. The lowest BCUT2D eigenvalue weighted by atomic mass is 9.54. The van der Waals surface area contributed by atoms with Crippen molar-refractivity contribution in [2.45, 2.75) is 90.8 Å². The molecule has 5 nitrogen and oxygen atoms in total. The zero-order valence-electron chi connectivity index (χ0n) is 18.5. The Labute approximate surface area is 189 Å².